The van der Waals surface area contributed by atoms with Crippen LogP contribution in [0, 0.1) is 11.7 Å². The largest absolute Gasteiger partial charge is 0.354 e. The Kier molecular flexibility index (Phi) is 7.21. The van der Waals surface area contributed by atoms with Crippen LogP contribution in [-0.4, -0.2) is 31.6 Å². The molecule has 5 nitrogen and oxygen atoms in total. The van der Waals surface area contributed by atoms with Crippen LogP contribution in [0.4, 0.5) is 9.18 Å². The average molecular weight is 295 g/mol. The van der Waals surface area contributed by atoms with E-state index in [-0.39, 0.29) is 23.7 Å². The van der Waals surface area contributed by atoms with Crippen molar-refractivity contribution in [1.29, 1.82) is 0 Å². The molecular formula is C15H22FN3O2. The summed E-state index contributed by atoms with van der Waals surface area (Å²) in [5.74, 6) is -0.365. The number of benzene rings is 1. The van der Waals surface area contributed by atoms with E-state index in [2.05, 4.69) is 16.0 Å². The van der Waals surface area contributed by atoms with E-state index in [1.807, 2.05) is 13.8 Å². The predicted molar refractivity (Wildman–Crippen MR) is 79.4 cm³/mol. The Balaban J connectivity index is 2.09. The van der Waals surface area contributed by atoms with Crippen molar-refractivity contribution in [2.45, 2.75) is 20.3 Å². The summed E-state index contributed by atoms with van der Waals surface area (Å²) in [7, 11) is 0. The second-order valence-electron chi connectivity index (χ2n) is 5.00. The van der Waals surface area contributed by atoms with Crippen molar-refractivity contribution in [3.05, 3.63) is 35.6 Å². The monoisotopic (exact) mass is 295 g/mol. The maximum Gasteiger partial charge on any atom is 0.314 e. The first-order chi connectivity index (χ1) is 9.99. The highest BCUT2D eigenvalue weighted by atomic mass is 19.1. The number of rotatable bonds is 7. The zero-order valence-corrected chi connectivity index (χ0v) is 12.4. The molecule has 0 spiro atoms. The van der Waals surface area contributed by atoms with Gasteiger partial charge in [0.15, 0.2) is 0 Å². The van der Waals surface area contributed by atoms with E-state index < -0.39 is 0 Å². The van der Waals surface area contributed by atoms with E-state index in [0.717, 1.165) is 5.56 Å². The number of halogens is 1. The fraction of sp³-hybridized carbons (Fsp3) is 0.467. The Bertz CT molecular complexity index is 460. The van der Waals surface area contributed by atoms with Gasteiger partial charge in [0.2, 0.25) is 5.91 Å². The van der Waals surface area contributed by atoms with Crippen molar-refractivity contribution in [1.82, 2.24) is 16.0 Å². The molecule has 3 N–H and O–H groups in total. The van der Waals surface area contributed by atoms with Gasteiger partial charge in [-0.05, 0) is 24.1 Å². The molecule has 1 aromatic carbocycles. The van der Waals surface area contributed by atoms with E-state index in [1.165, 1.54) is 12.1 Å². The number of urea groups is 1. The summed E-state index contributed by atoms with van der Waals surface area (Å²) in [4.78, 5) is 22.7. The molecular weight excluding hydrogens is 273 g/mol. The normalized spacial score (nSPS) is 10.3. The lowest BCUT2D eigenvalue weighted by Gasteiger charge is -2.09. The maximum atomic E-state index is 12.7. The molecule has 21 heavy (non-hydrogen) atoms. The molecule has 0 saturated heterocycles. The van der Waals surface area contributed by atoms with Crippen molar-refractivity contribution in [3.8, 4) is 0 Å². The second kappa shape index (κ2) is 8.94. The molecule has 0 bridgehead atoms. The fourth-order valence-electron chi connectivity index (χ4n) is 1.60. The van der Waals surface area contributed by atoms with Crippen LogP contribution in [0.2, 0.25) is 0 Å². The molecule has 0 unspecified atom stereocenters. The van der Waals surface area contributed by atoms with Crippen LogP contribution in [0.5, 0.6) is 0 Å². The summed E-state index contributed by atoms with van der Waals surface area (Å²) >= 11 is 0. The van der Waals surface area contributed by atoms with Gasteiger partial charge in [-0.3, -0.25) is 4.79 Å². The van der Waals surface area contributed by atoms with Gasteiger partial charge in [-0.2, -0.15) is 0 Å². The molecule has 6 heteroatoms. The van der Waals surface area contributed by atoms with Gasteiger partial charge in [0.1, 0.15) is 5.82 Å². The zero-order valence-electron chi connectivity index (χ0n) is 12.4. The van der Waals surface area contributed by atoms with Crippen molar-refractivity contribution >= 4 is 11.9 Å². The quantitative estimate of drug-likeness (QED) is 0.666. The lowest BCUT2D eigenvalue weighted by molar-refractivity contribution is -0.123. The SMILES string of the molecule is CC(C)C(=O)NCCNC(=O)NCCc1ccc(F)cc1. The van der Waals surface area contributed by atoms with Crippen LogP contribution in [0.15, 0.2) is 24.3 Å². The molecule has 0 saturated carbocycles. The molecule has 0 atom stereocenters. The summed E-state index contributed by atoms with van der Waals surface area (Å²) in [6.45, 7) is 4.87. The first-order valence-electron chi connectivity index (χ1n) is 7.03. The third-order valence-corrected chi connectivity index (χ3v) is 2.85. The lowest BCUT2D eigenvalue weighted by Crippen LogP contribution is -2.41. The van der Waals surface area contributed by atoms with Gasteiger partial charge in [0.25, 0.3) is 0 Å². The molecule has 3 amide bonds. The Morgan fingerprint density at radius 1 is 1.00 bits per heavy atom. The Labute approximate surface area is 124 Å². The van der Waals surface area contributed by atoms with E-state index in [1.54, 1.807) is 12.1 Å². The number of hydrogen-bond acceptors (Lipinski definition) is 2. The highest BCUT2D eigenvalue weighted by Gasteiger charge is 2.05. The first kappa shape index (κ1) is 16.9. The number of amides is 3. The minimum atomic E-state index is -0.282. The molecule has 0 aliphatic carbocycles. The highest BCUT2D eigenvalue weighted by molar-refractivity contribution is 5.78. The van der Waals surface area contributed by atoms with Gasteiger partial charge < -0.3 is 16.0 Å². The second-order valence-corrected chi connectivity index (χ2v) is 5.00. The van der Waals surface area contributed by atoms with Crippen LogP contribution >= 0.6 is 0 Å². The first-order valence-corrected chi connectivity index (χ1v) is 7.03. The molecule has 116 valence electrons. The van der Waals surface area contributed by atoms with E-state index in [4.69, 9.17) is 0 Å². The van der Waals surface area contributed by atoms with Gasteiger partial charge >= 0.3 is 6.03 Å². The third kappa shape index (κ3) is 7.29. The minimum Gasteiger partial charge on any atom is -0.354 e. The molecule has 0 fully saturated rings. The Morgan fingerprint density at radius 2 is 1.57 bits per heavy atom. The van der Waals surface area contributed by atoms with Crippen molar-refractivity contribution in [2.75, 3.05) is 19.6 Å². The highest BCUT2D eigenvalue weighted by Crippen LogP contribution is 2.02. The molecule has 1 aromatic rings. The van der Waals surface area contributed by atoms with Crippen LogP contribution < -0.4 is 16.0 Å². The van der Waals surface area contributed by atoms with Crippen molar-refractivity contribution in [3.63, 3.8) is 0 Å². The van der Waals surface area contributed by atoms with Gasteiger partial charge in [-0.15, -0.1) is 0 Å². The maximum absolute atomic E-state index is 12.7. The molecule has 1 rings (SSSR count). The van der Waals surface area contributed by atoms with E-state index >= 15 is 0 Å². The molecule has 0 radical (unpaired) electrons. The van der Waals surface area contributed by atoms with Crippen LogP contribution in [0.25, 0.3) is 0 Å². The van der Waals surface area contributed by atoms with Gasteiger partial charge in [-0.25, -0.2) is 9.18 Å². The molecule has 0 aromatic heterocycles. The average Bonchev–Trinajstić information content (AvgIpc) is 2.45. The smallest absolute Gasteiger partial charge is 0.314 e. The lowest BCUT2D eigenvalue weighted by atomic mass is 10.1. The molecule has 0 heterocycles. The molecule has 0 aliphatic rings. The van der Waals surface area contributed by atoms with Gasteiger partial charge in [-0.1, -0.05) is 26.0 Å². The third-order valence-electron chi connectivity index (χ3n) is 2.85. The minimum absolute atomic E-state index is 0.0338. The van der Waals surface area contributed by atoms with Crippen LogP contribution in [0.1, 0.15) is 19.4 Å². The molecule has 0 aliphatic heterocycles. The van der Waals surface area contributed by atoms with Crippen LogP contribution in [0.3, 0.4) is 0 Å². The topological polar surface area (TPSA) is 70.2 Å². The fourth-order valence-corrected chi connectivity index (χ4v) is 1.60. The summed E-state index contributed by atoms with van der Waals surface area (Å²) in [6.07, 6.45) is 0.637. The number of carbonyl (C=O) groups is 2. The van der Waals surface area contributed by atoms with E-state index in [0.29, 0.717) is 26.1 Å². The standard InChI is InChI=1S/C15H22FN3O2/c1-11(2)14(20)17-9-10-19-15(21)18-8-7-12-3-5-13(16)6-4-12/h3-6,11H,7-10H2,1-2H3,(H,17,20)(H2,18,19,21). The van der Waals surface area contributed by atoms with Gasteiger partial charge in [0.05, 0.1) is 0 Å². The summed E-state index contributed by atoms with van der Waals surface area (Å²) in [5, 5.41) is 8.06. The Hall–Kier alpha value is -2.11. The van der Waals surface area contributed by atoms with Crippen molar-refractivity contribution in [2.24, 2.45) is 5.92 Å². The number of hydrogen-bond donors (Lipinski definition) is 3. The summed E-state index contributed by atoms with van der Waals surface area (Å²) < 4.78 is 12.7. The summed E-state index contributed by atoms with van der Waals surface area (Å²) in [5.41, 5.74) is 0.959. The Morgan fingerprint density at radius 3 is 2.19 bits per heavy atom. The van der Waals surface area contributed by atoms with Crippen LogP contribution in [-0.2, 0) is 11.2 Å². The summed E-state index contributed by atoms with van der Waals surface area (Å²) in [6, 6.07) is 5.89. The number of carbonyl (C=O) groups excluding carboxylic acids is 2. The van der Waals surface area contributed by atoms with Gasteiger partial charge in [0, 0.05) is 25.6 Å². The predicted octanol–water partition coefficient (Wildman–Crippen LogP) is 1.44. The zero-order chi connectivity index (χ0) is 15.7. The number of nitrogens with one attached hydrogen (secondary N) is 3. The van der Waals surface area contributed by atoms with Crippen molar-refractivity contribution < 1.29 is 14.0 Å². The van der Waals surface area contributed by atoms with E-state index in [9.17, 15) is 14.0 Å².